The Hall–Kier alpha value is -3.04. The van der Waals surface area contributed by atoms with Crippen LogP contribution in [0.4, 0.5) is 4.39 Å². The van der Waals surface area contributed by atoms with Gasteiger partial charge < -0.3 is 5.32 Å². The van der Waals surface area contributed by atoms with E-state index >= 15 is 0 Å². The van der Waals surface area contributed by atoms with Crippen LogP contribution in [0, 0.1) is 37.9 Å². The molecular weight excluding hydrogens is 407 g/mol. The maximum atomic E-state index is 14.3. The molecule has 154 valence electrons. The van der Waals surface area contributed by atoms with Crippen LogP contribution in [0.3, 0.4) is 0 Å². The minimum absolute atomic E-state index is 0.0149. The number of pyridine rings is 1. The normalized spacial score (nSPS) is 18.4. The van der Waals surface area contributed by atoms with Crippen molar-refractivity contribution in [2.75, 3.05) is 6.54 Å². The third-order valence-electron chi connectivity index (χ3n) is 5.24. The average molecular weight is 427 g/mol. The number of amides is 1. The number of aryl methyl sites for hydroxylation is 2. The molecule has 1 N–H and O–H groups in total. The van der Waals surface area contributed by atoms with Crippen molar-refractivity contribution in [3.8, 4) is 23.6 Å². The molecule has 5 nitrogen and oxygen atoms in total. The van der Waals surface area contributed by atoms with Gasteiger partial charge in [-0.25, -0.2) is 4.39 Å². The number of ketones is 2. The van der Waals surface area contributed by atoms with Gasteiger partial charge in [-0.1, -0.05) is 17.5 Å². The summed E-state index contributed by atoms with van der Waals surface area (Å²) < 4.78 is 14.3. The number of hydrogen-bond donors (Lipinski definition) is 1. The van der Waals surface area contributed by atoms with Gasteiger partial charge in [0.25, 0.3) is 0 Å². The topological polar surface area (TPSA) is 76.1 Å². The number of aromatic nitrogens is 1. The molecule has 1 aliphatic rings. The molecule has 2 unspecified atom stereocenters. The molecule has 1 aliphatic carbocycles. The molecule has 0 radical (unpaired) electrons. The number of halogens is 2. The summed E-state index contributed by atoms with van der Waals surface area (Å²) in [6.45, 7) is 3.62. The van der Waals surface area contributed by atoms with E-state index in [4.69, 9.17) is 18.0 Å². The molecule has 2 atom stereocenters. The number of carbonyl (C=O) groups is 3. The predicted molar refractivity (Wildman–Crippen MR) is 111 cm³/mol. The standard InChI is InChI=1S/C23H20ClFN2O3/c1-4-5-26-19(29)9-15-8-18(28)21(23(15)30)20-12(2)6-14(7-13(20)3)22-17(25)10-16(24)11-27-22/h1,6-7,10-11,15,21H,5,8-9H2,2-3H3,(H,26,29). The van der Waals surface area contributed by atoms with Crippen molar-refractivity contribution in [3.63, 3.8) is 0 Å². The number of Topliss-reactive ketones (excluding diaryl/α,β-unsaturated/α-hetero) is 2. The number of nitrogens with one attached hydrogen (secondary N) is 1. The highest BCUT2D eigenvalue weighted by Gasteiger charge is 2.43. The van der Waals surface area contributed by atoms with Crippen LogP contribution in [-0.2, 0) is 14.4 Å². The van der Waals surface area contributed by atoms with Gasteiger partial charge in [0.05, 0.1) is 11.6 Å². The smallest absolute Gasteiger partial charge is 0.221 e. The predicted octanol–water partition coefficient (Wildman–Crippen LogP) is 3.54. The second kappa shape index (κ2) is 8.76. The van der Waals surface area contributed by atoms with Crippen LogP contribution in [0.5, 0.6) is 0 Å². The summed E-state index contributed by atoms with van der Waals surface area (Å²) in [6, 6.07) is 4.59. The SMILES string of the molecule is C#CCNC(=O)CC1CC(=O)C(c2c(C)cc(-c3ncc(Cl)cc3F)cc2C)C1=O. The first-order chi connectivity index (χ1) is 14.2. The van der Waals surface area contributed by atoms with Gasteiger partial charge in [0.15, 0.2) is 11.6 Å². The first kappa shape index (κ1) is 21.7. The Balaban J connectivity index is 1.90. The number of benzene rings is 1. The summed E-state index contributed by atoms with van der Waals surface area (Å²) in [5.41, 5.74) is 2.65. The van der Waals surface area contributed by atoms with E-state index in [1.54, 1.807) is 26.0 Å². The van der Waals surface area contributed by atoms with E-state index < -0.39 is 17.7 Å². The molecule has 7 heteroatoms. The van der Waals surface area contributed by atoms with Gasteiger partial charge in [-0.05, 0) is 48.7 Å². The second-order valence-corrected chi connectivity index (χ2v) is 7.83. The third kappa shape index (κ3) is 4.27. The summed E-state index contributed by atoms with van der Waals surface area (Å²) in [5, 5.41) is 2.71. The molecule has 0 spiro atoms. The fourth-order valence-electron chi connectivity index (χ4n) is 3.97. The van der Waals surface area contributed by atoms with Gasteiger partial charge in [-0.2, -0.15) is 0 Å². The van der Waals surface area contributed by atoms with Crippen LogP contribution in [0.2, 0.25) is 5.02 Å². The van der Waals surface area contributed by atoms with Gasteiger partial charge in [0.1, 0.15) is 17.4 Å². The van der Waals surface area contributed by atoms with Crippen LogP contribution in [0.1, 0.15) is 35.4 Å². The molecule has 2 aromatic rings. The molecule has 0 bridgehead atoms. The van der Waals surface area contributed by atoms with E-state index in [0.29, 0.717) is 22.3 Å². The van der Waals surface area contributed by atoms with Crippen molar-refractivity contribution in [2.45, 2.75) is 32.6 Å². The third-order valence-corrected chi connectivity index (χ3v) is 5.45. The molecule has 1 aromatic carbocycles. The van der Waals surface area contributed by atoms with Crippen molar-refractivity contribution in [2.24, 2.45) is 5.92 Å². The van der Waals surface area contributed by atoms with Crippen molar-refractivity contribution < 1.29 is 18.8 Å². The fourth-order valence-corrected chi connectivity index (χ4v) is 4.12. The van der Waals surface area contributed by atoms with Crippen LogP contribution in [-0.4, -0.2) is 29.0 Å². The highest BCUT2D eigenvalue weighted by atomic mass is 35.5. The Bertz CT molecular complexity index is 1070. The van der Waals surface area contributed by atoms with E-state index in [-0.39, 0.29) is 47.6 Å². The zero-order valence-corrected chi connectivity index (χ0v) is 17.3. The lowest BCUT2D eigenvalue weighted by molar-refractivity contribution is -0.128. The van der Waals surface area contributed by atoms with Crippen LogP contribution < -0.4 is 5.32 Å². The monoisotopic (exact) mass is 426 g/mol. The Morgan fingerprint density at radius 3 is 2.57 bits per heavy atom. The highest BCUT2D eigenvalue weighted by molar-refractivity contribution is 6.30. The number of terminal acetylenes is 1. The minimum Gasteiger partial charge on any atom is -0.345 e. The quantitative estimate of drug-likeness (QED) is 0.586. The van der Waals surface area contributed by atoms with Crippen molar-refractivity contribution in [1.29, 1.82) is 0 Å². The maximum absolute atomic E-state index is 14.3. The average Bonchev–Trinajstić information content (AvgIpc) is 2.93. The Morgan fingerprint density at radius 2 is 1.97 bits per heavy atom. The molecule has 1 aromatic heterocycles. The summed E-state index contributed by atoms with van der Waals surface area (Å²) in [4.78, 5) is 41.6. The molecule has 1 amide bonds. The first-order valence-electron chi connectivity index (χ1n) is 9.42. The number of rotatable bonds is 5. The van der Waals surface area contributed by atoms with Crippen molar-refractivity contribution >= 4 is 29.1 Å². The summed E-state index contributed by atoms with van der Waals surface area (Å²) in [7, 11) is 0. The first-order valence-corrected chi connectivity index (χ1v) is 9.79. The molecule has 0 saturated heterocycles. The Morgan fingerprint density at radius 1 is 1.30 bits per heavy atom. The van der Waals surface area contributed by atoms with Crippen LogP contribution in [0.25, 0.3) is 11.3 Å². The molecule has 0 aliphatic heterocycles. The van der Waals surface area contributed by atoms with Crippen molar-refractivity contribution in [3.05, 3.63) is 51.9 Å². The molecule has 3 rings (SSSR count). The molecule has 1 heterocycles. The lowest BCUT2D eigenvalue weighted by Gasteiger charge is -2.17. The Labute approximate surface area is 179 Å². The van der Waals surface area contributed by atoms with Crippen LogP contribution in [0.15, 0.2) is 24.4 Å². The Kier molecular flexibility index (Phi) is 6.33. The van der Waals surface area contributed by atoms with Gasteiger partial charge in [0, 0.05) is 30.5 Å². The van der Waals surface area contributed by atoms with Crippen molar-refractivity contribution in [1.82, 2.24) is 10.3 Å². The lowest BCUT2D eigenvalue weighted by atomic mass is 9.85. The molecule has 1 fully saturated rings. The number of carbonyl (C=O) groups excluding carboxylic acids is 3. The van der Waals surface area contributed by atoms with E-state index in [0.717, 1.165) is 0 Å². The summed E-state index contributed by atoms with van der Waals surface area (Å²) in [6.07, 6.45) is 6.42. The summed E-state index contributed by atoms with van der Waals surface area (Å²) >= 11 is 5.77. The molecule has 1 saturated carbocycles. The zero-order chi connectivity index (χ0) is 22.0. The minimum atomic E-state index is -0.924. The van der Waals surface area contributed by atoms with E-state index in [1.807, 2.05) is 0 Å². The summed E-state index contributed by atoms with van der Waals surface area (Å²) in [5.74, 6) is -0.700. The van der Waals surface area contributed by atoms with E-state index in [9.17, 15) is 18.8 Å². The lowest BCUT2D eigenvalue weighted by Crippen LogP contribution is -2.27. The fraction of sp³-hybridized carbons (Fsp3) is 0.304. The van der Waals surface area contributed by atoms with Gasteiger partial charge >= 0.3 is 0 Å². The maximum Gasteiger partial charge on any atom is 0.221 e. The largest absolute Gasteiger partial charge is 0.345 e. The molecule has 30 heavy (non-hydrogen) atoms. The zero-order valence-electron chi connectivity index (χ0n) is 16.6. The van der Waals surface area contributed by atoms with E-state index in [1.165, 1.54) is 12.3 Å². The number of nitrogens with zero attached hydrogens (tertiary/aromatic N) is 1. The van der Waals surface area contributed by atoms with Gasteiger partial charge in [-0.15, -0.1) is 6.42 Å². The van der Waals surface area contributed by atoms with Gasteiger partial charge in [0.2, 0.25) is 5.91 Å². The number of hydrogen-bond acceptors (Lipinski definition) is 4. The van der Waals surface area contributed by atoms with E-state index in [2.05, 4.69) is 16.2 Å². The van der Waals surface area contributed by atoms with Crippen LogP contribution >= 0.6 is 11.6 Å². The molecular formula is C23H20ClFN2O3. The second-order valence-electron chi connectivity index (χ2n) is 7.40. The van der Waals surface area contributed by atoms with Gasteiger partial charge in [-0.3, -0.25) is 19.4 Å². The highest BCUT2D eigenvalue weighted by Crippen LogP contribution is 2.38.